The van der Waals surface area contributed by atoms with Gasteiger partial charge in [-0.1, -0.05) is 27.7 Å². The predicted molar refractivity (Wildman–Crippen MR) is 90.8 cm³/mol. The summed E-state index contributed by atoms with van der Waals surface area (Å²) in [4.78, 5) is 11.7. The number of hydrogen-bond donors (Lipinski definition) is 1. The molecule has 120 valence electrons. The molecule has 1 aromatic heterocycles. The third-order valence-corrected chi connectivity index (χ3v) is 3.50. The second kappa shape index (κ2) is 8.32. The fourth-order valence-corrected chi connectivity index (χ4v) is 2.37. The van der Waals surface area contributed by atoms with Gasteiger partial charge in [-0.2, -0.15) is 0 Å². The van der Waals surface area contributed by atoms with Gasteiger partial charge < -0.3 is 10.2 Å². The summed E-state index contributed by atoms with van der Waals surface area (Å²) in [5, 5.41) is 3.51. The molecule has 4 heteroatoms. The van der Waals surface area contributed by atoms with E-state index in [1.54, 1.807) is 0 Å². The van der Waals surface area contributed by atoms with Crippen molar-refractivity contribution < 1.29 is 0 Å². The van der Waals surface area contributed by atoms with Gasteiger partial charge in [-0.05, 0) is 33.2 Å². The van der Waals surface area contributed by atoms with Crippen LogP contribution >= 0.6 is 0 Å². The van der Waals surface area contributed by atoms with Crippen molar-refractivity contribution in [1.29, 1.82) is 0 Å². The number of aromatic nitrogens is 2. The van der Waals surface area contributed by atoms with Crippen molar-refractivity contribution in [1.82, 2.24) is 15.3 Å². The van der Waals surface area contributed by atoms with E-state index in [1.807, 2.05) is 6.20 Å². The fourth-order valence-electron chi connectivity index (χ4n) is 2.37. The average Bonchev–Trinajstić information content (AvgIpc) is 2.39. The van der Waals surface area contributed by atoms with Crippen LogP contribution in [0.25, 0.3) is 0 Å². The summed E-state index contributed by atoms with van der Waals surface area (Å²) in [6.07, 6.45) is 2.00. The van der Waals surface area contributed by atoms with Crippen molar-refractivity contribution in [2.24, 2.45) is 5.92 Å². The van der Waals surface area contributed by atoms with E-state index >= 15 is 0 Å². The van der Waals surface area contributed by atoms with Gasteiger partial charge in [0.15, 0.2) is 0 Å². The Kier molecular flexibility index (Phi) is 7.09. The number of nitrogens with one attached hydrogen (secondary N) is 1. The Morgan fingerprint density at radius 3 is 2.29 bits per heavy atom. The van der Waals surface area contributed by atoms with Crippen LogP contribution in [-0.4, -0.2) is 29.1 Å². The number of anilines is 1. The summed E-state index contributed by atoms with van der Waals surface area (Å²) < 4.78 is 0. The molecule has 4 nitrogen and oxygen atoms in total. The number of hydrogen-bond acceptors (Lipinski definition) is 4. The highest BCUT2D eigenvalue weighted by molar-refractivity contribution is 5.50. The lowest BCUT2D eigenvalue weighted by atomic mass is 10.1. The highest BCUT2D eigenvalue weighted by atomic mass is 15.2. The molecular formula is C17H32N4. The van der Waals surface area contributed by atoms with Gasteiger partial charge in [0.1, 0.15) is 5.82 Å². The Balaban J connectivity index is 3.04. The topological polar surface area (TPSA) is 41.1 Å². The van der Waals surface area contributed by atoms with Crippen molar-refractivity contribution in [3.8, 4) is 0 Å². The van der Waals surface area contributed by atoms with Gasteiger partial charge in [0, 0.05) is 25.0 Å². The van der Waals surface area contributed by atoms with Gasteiger partial charge in [-0.25, -0.2) is 9.97 Å². The van der Waals surface area contributed by atoms with Crippen LogP contribution < -0.4 is 10.2 Å². The molecule has 0 amide bonds. The molecule has 0 aliphatic carbocycles. The summed E-state index contributed by atoms with van der Waals surface area (Å²) in [6.45, 7) is 18.1. The molecule has 0 aromatic carbocycles. The van der Waals surface area contributed by atoms with Crippen molar-refractivity contribution >= 4 is 5.69 Å². The van der Waals surface area contributed by atoms with Crippen LogP contribution in [0.3, 0.4) is 0 Å². The summed E-state index contributed by atoms with van der Waals surface area (Å²) >= 11 is 0. The number of nitrogens with zero attached hydrogens (tertiary/aromatic N) is 3. The van der Waals surface area contributed by atoms with Crippen molar-refractivity contribution in [3.05, 3.63) is 17.7 Å². The van der Waals surface area contributed by atoms with Gasteiger partial charge >= 0.3 is 0 Å². The summed E-state index contributed by atoms with van der Waals surface area (Å²) in [6, 6.07) is 0.451. The van der Waals surface area contributed by atoms with Crippen LogP contribution in [0.15, 0.2) is 6.20 Å². The van der Waals surface area contributed by atoms with Crippen LogP contribution in [0, 0.1) is 5.92 Å². The zero-order valence-electron chi connectivity index (χ0n) is 14.8. The summed E-state index contributed by atoms with van der Waals surface area (Å²) in [7, 11) is 0. The second-order valence-electron chi connectivity index (χ2n) is 6.62. The molecule has 0 saturated heterocycles. The molecule has 0 aliphatic heterocycles. The normalized spacial score (nSPS) is 11.7. The highest BCUT2D eigenvalue weighted by Crippen LogP contribution is 2.22. The van der Waals surface area contributed by atoms with Crippen molar-refractivity contribution in [2.75, 3.05) is 18.0 Å². The minimum absolute atomic E-state index is 0.358. The lowest BCUT2D eigenvalue weighted by molar-refractivity contribution is 0.544. The predicted octanol–water partition coefficient (Wildman–Crippen LogP) is 3.58. The Morgan fingerprint density at radius 2 is 1.81 bits per heavy atom. The van der Waals surface area contributed by atoms with Crippen LogP contribution in [0.1, 0.15) is 65.9 Å². The minimum Gasteiger partial charge on any atom is -0.367 e. The van der Waals surface area contributed by atoms with Gasteiger partial charge in [0.05, 0.1) is 17.6 Å². The van der Waals surface area contributed by atoms with Crippen LogP contribution in [0.5, 0.6) is 0 Å². The van der Waals surface area contributed by atoms with E-state index in [9.17, 15) is 0 Å². The molecule has 0 fully saturated rings. The first-order chi connectivity index (χ1) is 9.86. The lowest BCUT2D eigenvalue weighted by Gasteiger charge is -2.29. The van der Waals surface area contributed by atoms with Gasteiger partial charge in [0.2, 0.25) is 0 Å². The fraction of sp³-hybridized carbons (Fsp3) is 0.765. The van der Waals surface area contributed by atoms with E-state index in [0.29, 0.717) is 17.9 Å². The molecular weight excluding hydrogens is 260 g/mol. The first-order valence-electron chi connectivity index (χ1n) is 8.19. The molecule has 0 radical (unpaired) electrons. The molecule has 1 rings (SSSR count). The maximum absolute atomic E-state index is 4.81. The van der Waals surface area contributed by atoms with Crippen LogP contribution in [-0.2, 0) is 6.54 Å². The second-order valence-corrected chi connectivity index (χ2v) is 6.62. The first kappa shape index (κ1) is 17.9. The third-order valence-electron chi connectivity index (χ3n) is 3.50. The average molecular weight is 292 g/mol. The van der Waals surface area contributed by atoms with E-state index in [-0.39, 0.29) is 0 Å². The molecule has 21 heavy (non-hydrogen) atoms. The Morgan fingerprint density at radius 1 is 1.14 bits per heavy atom. The molecule has 0 aliphatic rings. The van der Waals surface area contributed by atoms with Crippen molar-refractivity contribution in [3.63, 3.8) is 0 Å². The molecule has 0 spiro atoms. The molecule has 0 atom stereocenters. The minimum atomic E-state index is 0.358. The van der Waals surface area contributed by atoms with E-state index in [1.165, 1.54) is 0 Å². The quantitative estimate of drug-likeness (QED) is 0.795. The molecule has 0 saturated carbocycles. The molecule has 0 bridgehead atoms. The first-order valence-corrected chi connectivity index (χ1v) is 8.19. The summed E-state index contributed by atoms with van der Waals surface area (Å²) in [5.41, 5.74) is 2.28. The maximum Gasteiger partial charge on any atom is 0.131 e. The van der Waals surface area contributed by atoms with Gasteiger partial charge in [-0.3, -0.25) is 0 Å². The monoisotopic (exact) mass is 292 g/mol. The third kappa shape index (κ3) is 5.27. The molecule has 1 heterocycles. The molecule has 0 unspecified atom stereocenters. The Bertz CT molecular complexity index is 427. The highest BCUT2D eigenvalue weighted by Gasteiger charge is 2.16. The van der Waals surface area contributed by atoms with E-state index in [4.69, 9.17) is 4.98 Å². The zero-order valence-corrected chi connectivity index (χ0v) is 14.8. The maximum atomic E-state index is 4.81. The van der Waals surface area contributed by atoms with Crippen LogP contribution in [0.4, 0.5) is 5.69 Å². The zero-order chi connectivity index (χ0) is 16.0. The van der Waals surface area contributed by atoms with E-state index in [2.05, 4.69) is 63.7 Å². The SMILES string of the molecule is CCN(c1cnc(C(C)C)nc1CNCC(C)C)C(C)C. The van der Waals surface area contributed by atoms with Gasteiger partial charge in [0.25, 0.3) is 0 Å². The molecule has 1 aromatic rings. The number of rotatable bonds is 8. The Labute approximate surface area is 130 Å². The summed E-state index contributed by atoms with van der Waals surface area (Å²) in [5.74, 6) is 1.93. The van der Waals surface area contributed by atoms with Gasteiger partial charge in [-0.15, -0.1) is 0 Å². The largest absolute Gasteiger partial charge is 0.367 e. The lowest BCUT2D eigenvalue weighted by Crippen LogP contribution is -2.33. The van der Waals surface area contributed by atoms with Crippen LogP contribution in [0.2, 0.25) is 0 Å². The van der Waals surface area contributed by atoms with Crippen molar-refractivity contribution in [2.45, 2.75) is 67.0 Å². The molecule has 1 N–H and O–H groups in total. The van der Waals surface area contributed by atoms with E-state index < -0.39 is 0 Å². The Hall–Kier alpha value is -1.16. The van der Waals surface area contributed by atoms with E-state index in [0.717, 1.165) is 36.8 Å². The smallest absolute Gasteiger partial charge is 0.131 e. The standard InChI is InChI=1S/C17H32N4/c1-8-21(14(6)7)16-11-19-17(13(4)5)20-15(16)10-18-9-12(2)3/h11-14,18H,8-10H2,1-7H3.